The van der Waals surface area contributed by atoms with E-state index in [4.69, 9.17) is 20.4 Å². The second-order valence-electron chi connectivity index (χ2n) is 7.89. The van der Waals surface area contributed by atoms with Gasteiger partial charge in [0.2, 0.25) is 0 Å². The fourth-order valence-corrected chi connectivity index (χ4v) is 3.45. The van der Waals surface area contributed by atoms with Gasteiger partial charge in [-0.1, -0.05) is 25.9 Å². The molecule has 0 aliphatic carbocycles. The molecule has 1 aromatic heterocycles. The van der Waals surface area contributed by atoms with Crippen molar-refractivity contribution in [3.63, 3.8) is 0 Å². The number of nitrogens with two attached hydrogens (primary N) is 1. The highest BCUT2D eigenvalue weighted by Gasteiger charge is 2.41. The highest BCUT2D eigenvalue weighted by Crippen LogP contribution is 2.38. The largest absolute Gasteiger partial charge is 0.414 e. The lowest BCUT2D eigenvalue weighted by Gasteiger charge is -2.36. The van der Waals surface area contributed by atoms with Crippen LogP contribution in [0.2, 0.25) is 18.1 Å². The van der Waals surface area contributed by atoms with Crippen molar-refractivity contribution >= 4 is 14.1 Å². The number of rotatable bonds is 5. The number of ether oxygens (including phenoxy) is 1. The second-order valence-corrected chi connectivity index (χ2v) is 12.7. The van der Waals surface area contributed by atoms with Gasteiger partial charge in [0.05, 0.1) is 24.9 Å². The zero-order valence-corrected chi connectivity index (χ0v) is 16.6. The summed E-state index contributed by atoms with van der Waals surface area (Å²) in [7, 11) is -1.98. The molecule has 11 heteroatoms. The van der Waals surface area contributed by atoms with Crippen LogP contribution < -0.4 is 11.4 Å². The number of halogens is 1. The third-order valence-corrected chi connectivity index (χ3v) is 9.51. The molecule has 0 bridgehead atoms. The summed E-state index contributed by atoms with van der Waals surface area (Å²) in [6.07, 6.45) is -0.0418. The average molecular weight is 384 g/mol. The summed E-state index contributed by atoms with van der Waals surface area (Å²) >= 11 is 0. The summed E-state index contributed by atoms with van der Waals surface area (Å²) in [6.45, 7) is 10.9. The molecule has 2 rings (SSSR count). The van der Waals surface area contributed by atoms with Crippen LogP contribution in [0.1, 0.15) is 33.4 Å². The predicted molar refractivity (Wildman–Crippen MR) is 97.5 cm³/mol. The van der Waals surface area contributed by atoms with Crippen molar-refractivity contribution < 1.29 is 13.6 Å². The summed E-state index contributed by atoms with van der Waals surface area (Å²) in [5.74, 6) is -1.32. The number of hydrogen-bond acceptors (Lipinski definition) is 6. The van der Waals surface area contributed by atoms with Crippen molar-refractivity contribution in [3.8, 4) is 0 Å². The molecule has 3 atom stereocenters. The normalized spacial score (nSPS) is 23.7. The van der Waals surface area contributed by atoms with Gasteiger partial charge in [0.25, 0.3) is 0 Å². The first-order chi connectivity index (χ1) is 12.0. The number of anilines is 1. The quantitative estimate of drug-likeness (QED) is 0.361. The lowest BCUT2D eigenvalue weighted by atomic mass is 10.2. The molecule has 26 heavy (non-hydrogen) atoms. The van der Waals surface area contributed by atoms with E-state index in [0.717, 1.165) is 10.8 Å². The predicted octanol–water partition coefficient (Wildman–Crippen LogP) is 2.95. The monoisotopic (exact) mass is 384 g/mol. The Labute approximate surface area is 152 Å². The molecular weight excluding hydrogens is 359 g/mol. The van der Waals surface area contributed by atoms with Crippen LogP contribution in [0.5, 0.6) is 0 Å². The van der Waals surface area contributed by atoms with Crippen LogP contribution in [0.3, 0.4) is 0 Å². The summed E-state index contributed by atoms with van der Waals surface area (Å²) in [5.41, 5.74) is 13.3. The van der Waals surface area contributed by atoms with Gasteiger partial charge in [-0.15, -0.1) is 0 Å². The highest BCUT2D eigenvalue weighted by atomic mass is 28.4. The second kappa shape index (κ2) is 7.35. The molecule has 2 N–H and O–H groups in total. The van der Waals surface area contributed by atoms with E-state index in [1.54, 1.807) is 0 Å². The minimum atomic E-state index is -1.98. The molecule has 1 aromatic rings. The molecule has 0 spiro atoms. The Morgan fingerprint density at radius 1 is 1.58 bits per heavy atom. The first kappa shape index (κ1) is 20.4. The molecule has 1 aliphatic heterocycles. The van der Waals surface area contributed by atoms with Gasteiger partial charge in [-0.3, -0.25) is 4.57 Å². The fourth-order valence-electron chi connectivity index (χ4n) is 2.42. The van der Waals surface area contributed by atoms with Gasteiger partial charge in [-0.25, -0.2) is 9.18 Å². The summed E-state index contributed by atoms with van der Waals surface area (Å²) < 4.78 is 26.7. The zero-order chi connectivity index (χ0) is 19.7. The molecule has 1 unspecified atom stereocenters. The van der Waals surface area contributed by atoms with Crippen LogP contribution in [0, 0.1) is 5.82 Å². The van der Waals surface area contributed by atoms with Crippen LogP contribution in [0.15, 0.2) is 16.1 Å². The number of azide groups is 1. The lowest BCUT2D eigenvalue weighted by Crippen LogP contribution is -2.42. The first-order valence-corrected chi connectivity index (χ1v) is 11.2. The van der Waals surface area contributed by atoms with Crippen molar-refractivity contribution in [2.45, 2.75) is 63.7 Å². The van der Waals surface area contributed by atoms with Crippen molar-refractivity contribution in [1.82, 2.24) is 9.55 Å². The summed E-state index contributed by atoms with van der Waals surface area (Å²) in [5, 5.41) is 3.73. The lowest BCUT2D eigenvalue weighted by molar-refractivity contribution is -0.0259. The van der Waals surface area contributed by atoms with Crippen LogP contribution in [0.4, 0.5) is 10.2 Å². The van der Waals surface area contributed by atoms with Crippen LogP contribution in [0.25, 0.3) is 10.4 Å². The Balaban J connectivity index is 2.20. The molecule has 0 radical (unpaired) electrons. The van der Waals surface area contributed by atoms with E-state index in [-0.39, 0.29) is 11.1 Å². The van der Waals surface area contributed by atoms with Gasteiger partial charge >= 0.3 is 5.69 Å². The molecule has 1 aliphatic rings. The van der Waals surface area contributed by atoms with Crippen molar-refractivity contribution in [1.29, 1.82) is 0 Å². The standard InChI is InChI=1S/C15H25FN6O3Si/c1-15(2,3)26(4,5)24-8-9-6-11(20-21-18)13(25-9)22-7-10(16)12(17)19-14(22)23/h7,9,11,13H,6,8H2,1-5H3,(H2,17,19,23)/t9-,11?,13+/m1/s1. The summed E-state index contributed by atoms with van der Waals surface area (Å²) in [4.78, 5) is 18.3. The van der Waals surface area contributed by atoms with Crippen LogP contribution >= 0.6 is 0 Å². The molecule has 2 heterocycles. The molecule has 1 saturated heterocycles. The minimum Gasteiger partial charge on any atom is -0.414 e. The zero-order valence-electron chi connectivity index (χ0n) is 15.6. The van der Waals surface area contributed by atoms with Crippen molar-refractivity contribution in [2.75, 3.05) is 12.3 Å². The third kappa shape index (κ3) is 4.23. The van der Waals surface area contributed by atoms with Gasteiger partial charge in [-0.2, -0.15) is 4.98 Å². The van der Waals surface area contributed by atoms with E-state index in [2.05, 4.69) is 48.9 Å². The van der Waals surface area contributed by atoms with Crippen molar-refractivity contribution in [3.05, 3.63) is 32.9 Å². The summed E-state index contributed by atoms with van der Waals surface area (Å²) in [6, 6.07) is -0.671. The SMILES string of the molecule is CC(C)(C)[Si](C)(C)OC[C@H]1CC(N=[N+]=[N-])[C@@H](n2cc(F)c(N)nc2=O)O1. The highest BCUT2D eigenvalue weighted by molar-refractivity contribution is 6.74. The van der Waals surface area contributed by atoms with Gasteiger partial charge in [0.1, 0.15) is 6.23 Å². The molecule has 1 fully saturated rings. The topological polar surface area (TPSA) is 128 Å². The Bertz CT molecular complexity index is 772. The maximum absolute atomic E-state index is 13.7. The number of nitrogen functional groups attached to an aromatic ring is 1. The Hall–Kier alpha value is -1.94. The number of nitrogens with zero attached hydrogens (tertiary/aromatic N) is 5. The van der Waals surface area contributed by atoms with Gasteiger partial charge in [0, 0.05) is 4.91 Å². The number of aromatic nitrogens is 2. The van der Waals surface area contributed by atoms with Crippen LogP contribution in [-0.2, 0) is 9.16 Å². The number of hydrogen-bond donors (Lipinski definition) is 1. The Morgan fingerprint density at radius 2 is 2.23 bits per heavy atom. The molecule has 9 nitrogen and oxygen atoms in total. The Morgan fingerprint density at radius 3 is 2.81 bits per heavy atom. The van der Waals surface area contributed by atoms with E-state index in [1.807, 2.05) is 0 Å². The maximum Gasteiger partial charge on any atom is 0.351 e. The van der Waals surface area contributed by atoms with E-state index in [9.17, 15) is 9.18 Å². The molecule has 144 valence electrons. The molecule has 0 aromatic carbocycles. The van der Waals surface area contributed by atoms with E-state index >= 15 is 0 Å². The van der Waals surface area contributed by atoms with Crippen LogP contribution in [-0.4, -0.2) is 36.6 Å². The van der Waals surface area contributed by atoms with E-state index in [1.165, 1.54) is 0 Å². The van der Waals surface area contributed by atoms with Gasteiger partial charge in [-0.05, 0) is 30.1 Å². The fraction of sp³-hybridized carbons (Fsp3) is 0.733. The molecular formula is C15H25FN6O3Si. The van der Waals surface area contributed by atoms with E-state index in [0.29, 0.717) is 13.0 Å². The van der Waals surface area contributed by atoms with Gasteiger partial charge < -0.3 is 14.9 Å². The smallest absolute Gasteiger partial charge is 0.351 e. The Kier molecular flexibility index (Phi) is 5.76. The maximum atomic E-state index is 13.7. The minimum absolute atomic E-state index is 0.0379. The molecule has 0 saturated carbocycles. The first-order valence-electron chi connectivity index (χ1n) is 8.34. The average Bonchev–Trinajstić information content (AvgIpc) is 2.91. The van der Waals surface area contributed by atoms with Gasteiger partial charge in [0.15, 0.2) is 20.0 Å². The third-order valence-electron chi connectivity index (χ3n) is 5.01. The van der Waals surface area contributed by atoms with E-state index < -0.39 is 37.9 Å². The van der Waals surface area contributed by atoms with Crippen molar-refractivity contribution in [2.24, 2.45) is 5.11 Å². The molecule has 0 amide bonds.